The quantitative estimate of drug-likeness (QED) is 0.401. The maximum atomic E-state index is 14.2. The lowest BCUT2D eigenvalue weighted by Crippen LogP contribution is -2.24. The molecule has 1 aliphatic rings. The number of ether oxygens (including phenoxy) is 1. The van der Waals surface area contributed by atoms with E-state index in [0.29, 0.717) is 29.9 Å². The van der Waals surface area contributed by atoms with Gasteiger partial charge in [-0.1, -0.05) is 26.0 Å². The fourth-order valence-corrected chi connectivity index (χ4v) is 4.91. The number of rotatable bonds is 9. The highest BCUT2D eigenvalue weighted by molar-refractivity contribution is 7.81. The lowest BCUT2D eigenvalue weighted by atomic mass is 9.99. The van der Waals surface area contributed by atoms with Crippen molar-refractivity contribution in [1.82, 2.24) is 4.90 Å². The van der Waals surface area contributed by atoms with Crippen LogP contribution in [0.3, 0.4) is 0 Å². The van der Waals surface area contributed by atoms with Crippen molar-refractivity contribution in [3.05, 3.63) is 71.4 Å². The molecule has 36 heavy (non-hydrogen) atoms. The first kappa shape index (κ1) is 25.6. The van der Waals surface area contributed by atoms with E-state index in [2.05, 4.69) is 4.90 Å². The number of fused-ring (bicyclic) bond motifs is 3. The summed E-state index contributed by atoms with van der Waals surface area (Å²) >= 11 is -2.93. The highest BCUT2D eigenvalue weighted by atomic mass is 32.2. The highest BCUT2D eigenvalue weighted by Gasteiger charge is 2.29. The SMILES string of the molecule is CCN(CC)CC=Cc1cc(F)ccc1N(c1ccc2c(c1C(=O)O)OCCc1occc1-2)S(=O)[O-]. The van der Waals surface area contributed by atoms with Crippen LogP contribution in [0, 0.1) is 5.82 Å². The molecule has 4 rings (SSSR count). The lowest BCUT2D eigenvalue weighted by molar-refractivity contribution is 0.0693. The Bertz CT molecular complexity index is 1320. The molecule has 8 nitrogen and oxygen atoms in total. The van der Waals surface area contributed by atoms with Crippen molar-refractivity contribution in [2.45, 2.75) is 20.3 Å². The molecule has 0 fully saturated rings. The van der Waals surface area contributed by atoms with Crippen LogP contribution in [-0.4, -0.2) is 51.0 Å². The summed E-state index contributed by atoms with van der Waals surface area (Å²) in [6.45, 7) is 6.43. The summed E-state index contributed by atoms with van der Waals surface area (Å²) in [6.07, 6.45) is 5.40. The summed E-state index contributed by atoms with van der Waals surface area (Å²) in [5, 5.41) is 10.1. The number of hydrogen-bond acceptors (Lipinski definition) is 6. The summed E-state index contributed by atoms with van der Waals surface area (Å²) in [6, 6.07) is 8.40. The first-order valence-corrected chi connectivity index (χ1v) is 12.6. The number of likely N-dealkylation sites (N-methyl/N-ethyl adjacent to an activating group) is 1. The van der Waals surface area contributed by atoms with Crippen LogP contribution in [0.2, 0.25) is 0 Å². The van der Waals surface area contributed by atoms with Gasteiger partial charge in [-0.25, -0.2) is 9.18 Å². The minimum atomic E-state index is -2.93. The normalized spacial score (nSPS) is 13.7. The second kappa shape index (κ2) is 11.1. The molecule has 10 heteroatoms. The van der Waals surface area contributed by atoms with E-state index in [0.717, 1.165) is 23.5 Å². The lowest BCUT2D eigenvalue weighted by Gasteiger charge is -2.30. The number of hydrogen-bond donors (Lipinski definition) is 1. The van der Waals surface area contributed by atoms with Gasteiger partial charge >= 0.3 is 5.97 Å². The van der Waals surface area contributed by atoms with Gasteiger partial charge in [0.05, 0.1) is 35.5 Å². The molecule has 0 spiro atoms. The van der Waals surface area contributed by atoms with Crippen LogP contribution in [0.4, 0.5) is 15.8 Å². The van der Waals surface area contributed by atoms with E-state index in [1.165, 1.54) is 24.5 Å². The highest BCUT2D eigenvalue weighted by Crippen LogP contribution is 2.44. The van der Waals surface area contributed by atoms with Gasteiger partial charge in [-0.05, 0) is 49.5 Å². The third kappa shape index (κ3) is 5.06. The number of aromatic carboxylic acids is 1. The zero-order valence-electron chi connectivity index (χ0n) is 19.9. The van der Waals surface area contributed by atoms with Crippen LogP contribution in [0.5, 0.6) is 5.75 Å². The Morgan fingerprint density at radius 3 is 2.61 bits per heavy atom. The van der Waals surface area contributed by atoms with E-state index in [1.807, 2.05) is 19.9 Å². The summed E-state index contributed by atoms with van der Waals surface area (Å²) in [4.78, 5) is 14.6. The van der Waals surface area contributed by atoms with Gasteiger partial charge in [-0.3, -0.25) is 8.51 Å². The molecule has 1 N–H and O–H groups in total. The van der Waals surface area contributed by atoms with Crippen LogP contribution in [-0.2, 0) is 17.7 Å². The molecule has 0 radical (unpaired) electrons. The summed E-state index contributed by atoms with van der Waals surface area (Å²) in [7, 11) is 0. The molecule has 1 unspecified atom stereocenters. The van der Waals surface area contributed by atoms with Gasteiger partial charge in [0.1, 0.15) is 22.9 Å². The van der Waals surface area contributed by atoms with Gasteiger partial charge in [-0.15, -0.1) is 0 Å². The van der Waals surface area contributed by atoms with Crippen molar-refractivity contribution < 1.29 is 32.2 Å². The van der Waals surface area contributed by atoms with Crippen LogP contribution < -0.4 is 9.04 Å². The maximum absolute atomic E-state index is 14.2. The smallest absolute Gasteiger partial charge is 0.341 e. The van der Waals surface area contributed by atoms with Crippen LogP contribution in [0.15, 0.2) is 53.2 Å². The number of carbonyl (C=O) groups is 1. The van der Waals surface area contributed by atoms with Crippen LogP contribution in [0.25, 0.3) is 17.2 Å². The number of benzene rings is 2. The Balaban J connectivity index is 1.86. The molecule has 2 heterocycles. The van der Waals surface area contributed by atoms with Crippen molar-refractivity contribution in [2.24, 2.45) is 0 Å². The van der Waals surface area contributed by atoms with Crippen LogP contribution in [0.1, 0.15) is 35.5 Å². The Kier molecular flexibility index (Phi) is 7.88. The predicted molar refractivity (Wildman–Crippen MR) is 135 cm³/mol. The summed E-state index contributed by atoms with van der Waals surface area (Å²) in [5.41, 5.74) is 1.15. The Morgan fingerprint density at radius 2 is 1.92 bits per heavy atom. The molecule has 0 saturated heterocycles. The predicted octanol–water partition coefficient (Wildman–Crippen LogP) is 5.01. The molecule has 0 aliphatic carbocycles. The van der Waals surface area contributed by atoms with Gasteiger partial charge < -0.3 is 23.7 Å². The monoisotopic (exact) mass is 513 g/mol. The molecular formula is C26H26FN2O6S-. The van der Waals surface area contributed by atoms with Gasteiger partial charge in [-0.2, -0.15) is 0 Å². The van der Waals surface area contributed by atoms with E-state index in [9.17, 15) is 23.1 Å². The molecule has 3 aromatic rings. The van der Waals surface area contributed by atoms with E-state index < -0.39 is 23.1 Å². The van der Waals surface area contributed by atoms with Crippen molar-refractivity contribution in [1.29, 1.82) is 0 Å². The molecule has 0 amide bonds. The maximum Gasteiger partial charge on any atom is 0.341 e. The Hall–Kier alpha value is -3.47. The summed E-state index contributed by atoms with van der Waals surface area (Å²) < 4.78 is 51.4. The first-order chi connectivity index (χ1) is 17.3. The molecule has 1 aliphatic heterocycles. The Morgan fingerprint density at radius 1 is 1.17 bits per heavy atom. The standard InChI is InChI=1S/C26H27FN2O6S/c1-3-28(4-2)13-5-6-17-16-18(27)7-9-21(17)29(36(32)33)22-10-8-20-19-11-14-34-23(19)12-15-35-25(20)24(22)26(30)31/h5-11,14,16H,3-4,12-13,15H2,1-2H3,(H,30,31)(H,32,33)/p-1. The van der Waals surface area contributed by atoms with E-state index >= 15 is 0 Å². The minimum absolute atomic E-state index is 0.0522. The number of furan rings is 1. The molecule has 0 saturated carbocycles. The zero-order valence-corrected chi connectivity index (χ0v) is 20.7. The van der Waals surface area contributed by atoms with Gasteiger partial charge in [0.15, 0.2) is 0 Å². The average molecular weight is 514 g/mol. The van der Waals surface area contributed by atoms with Crippen molar-refractivity contribution in [3.63, 3.8) is 0 Å². The molecular weight excluding hydrogens is 487 g/mol. The number of carboxylic acid groups (broad SMARTS) is 1. The second-order valence-corrected chi connectivity index (χ2v) is 8.90. The van der Waals surface area contributed by atoms with Gasteiger partial charge in [0.2, 0.25) is 0 Å². The molecule has 1 aromatic heterocycles. The second-order valence-electron chi connectivity index (χ2n) is 8.10. The number of nitrogens with zero attached hydrogens (tertiary/aromatic N) is 2. The van der Waals surface area contributed by atoms with Crippen LogP contribution >= 0.6 is 0 Å². The molecule has 2 aromatic carbocycles. The van der Waals surface area contributed by atoms with Crippen molar-refractivity contribution in [2.75, 3.05) is 30.5 Å². The van der Waals surface area contributed by atoms with Gasteiger partial charge in [0.25, 0.3) is 0 Å². The average Bonchev–Trinajstić information content (AvgIpc) is 3.24. The Labute approximate surface area is 211 Å². The summed E-state index contributed by atoms with van der Waals surface area (Å²) in [5.74, 6) is -1.20. The molecule has 190 valence electrons. The largest absolute Gasteiger partial charge is 0.755 e. The fourth-order valence-electron chi connectivity index (χ4n) is 4.27. The fraction of sp³-hybridized carbons (Fsp3) is 0.269. The first-order valence-electron chi connectivity index (χ1n) is 11.5. The third-order valence-electron chi connectivity index (χ3n) is 6.09. The third-order valence-corrected chi connectivity index (χ3v) is 6.78. The van der Waals surface area contributed by atoms with Crippen molar-refractivity contribution >= 4 is 34.7 Å². The number of halogens is 1. The van der Waals surface area contributed by atoms with E-state index in [1.54, 1.807) is 18.2 Å². The van der Waals surface area contributed by atoms with Crippen molar-refractivity contribution in [3.8, 4) is 16.9 Å². The van der Waals surface area contributed by atoms with Gasteiger partial charge in [0, 0.05) is 29.7 Å². The van der Waals surface area contributed by atoms with E-state index in [4.69, 9.17) is 9.15 Å². The molecule has 1 atom stereocenters. The zero-order chi connectivity index (χ0) is 25.8. The molecule has 0 bridgehead atoms. The number of carboxylic acids is 1. The number of anilines is 2. The minimum Gasteiger partial charge on any atom is -0.755 e. The van der Waals surface area contributed by atoms with E-state index in [-0.39, 0.29) is 34.9 Å². The topological polar surface area (TPSA) is 106 Å².